The SMILES string of the molecule is c1ccc2nc3cc4c(cc3nc2c1)=NCN=4. The van der Waals surface area contributed by atoms with Gasteiger partial charge in [0.2, 0.25) is 0 Å². The van der Waals surface area contributed by atoms with Gasteiger partial charge in [0.25, 0.3) is 0 Å². The Morgan fingerprint density at radius 2 is 1.24 bits per heavy atom. The minimum absolute atomic E-state index is 0.519. The van der Waals surface area contributed by atoms with Crippen LogP contribution in [0.25, 0.3) is 22.1 Å². The van der Waals surface area contributed by atoms with E-state index >= 15 is 0 Å². The van der Waals surface area contributed by atoms with E-state index in [1.807, 2.05) is 36.4 Å². The molecule has 1 aliphatic heterocycles. The van der Waals surface area contributed by atoms with Gasteiger partial charge in [-0.15, -0.1) is 0 Å². The van der Waals surface area contributed by atoms with E-state index in [1.165, 1.54) is 0 Å². The number of para-hydroxylation sites is 2. The number of aromatic nitrogens is 2. The molecular formula is C13H8N4. The maximum Gasteiger partial charge on any atom is 0.130 e. The molecule has 0 N–H and O–H groups in total. The lowest BCUT2D eigenvalue weighted by Gasteiger charge is -1.99. The van der Waals surface area contributed by atoms with Gasteiger partial charge in [-0.25, -0.2) is 9.97 Å². The van der Waals surface area contributed by atoms with Crippen LogP contribution in [0.1, 0.15) is 0 Å². The highest BCUT2D eigenvalue weighted by atomic mass is 15.0. The highest BCUT2D eigenvalue weighted by Gasteiger charge is 2.04. The van der Waals surface area contributed by atoms with E-state index in [4.69, 9.17) is 0 Å². The van der Waals surface area contributed by atoms with Crippen molar-refractivity contribution < 1.29 is 0 Å². The Labute approximate surface area is 96.4 Å². The summed E-state index contributed by atoms with van der Waals surface area (Å²) in [5, 5.41) is 1.84. The molecule has 17 heavy (non-hydrogen) atoms. The molecule has 3 aromatic rings. The van der Waals surface area contributed by atoms with E-state index in [0.29, 0.717) is 6.67 Å². The monoisotopic (exact) mass is 220 g/mol. The zero-order chi connectivity index (χ0) is 11.2. The van der Waals surface area contributed by atoms with Crippen molar-refractivity contribution in [1.82, 2.24) is 9.97 Å². The summed E-state index contributed by atoms with van der Waals surface area (Å²) in [6.45, 7) is 0.519. The fourth-order valence-electron chi connectivity index (χ4n) is 2.09. The van der Waals surface area contributed by atoms with Crippen molar-refractivity contribution in [3.63, 3.8) is 0 Å². The smallest absolute Gasteiger partial charge is 0.130 e. The average molecular weight is 220 g/mol. The van der Waals surface area contributed by atoms with Gasteiger partial charge in [0.1, 0.15) is 6.67 Å². The molecule has 1 aromatic heterocycles. The molecule has 0 unspecified atom stereocenters. The molecular weight excluding hydrogens is 212 g/mol. The Balaban J connectivity index is 2.24. The third-order valence-corrected chi connectivity index (χ3v) is 2.92. The normalized spacial score (nSPS) is 13.4. The van der Waals surface area contributed by atoms with Crippen molar-refractivity contribution in [1.29, 1.82) is 0 Å². The molecule has 0 fully saturated rings. The van der Waals surface area contributed by atoms with E-state index < -0.39 is 0 Å². The second-order valence-corrected chi connectivity index (χ2v) is 4.00. The molecule has 0 saturated heterocycles. The van der Waals surface area contributed by atoms with E-state index in [0.717, 1.165) is 32.8 Å². The summed E-state index contributed by atoms with van der Waals surface area (Å²) in [6.07, 6.45) is 0. The standard InChI is InChI=1S/C13H8N4/c1-2-4-9-8(3-1)16-12-5-10-11(15-7-14-10)6-13(12)17-9/h1-6H,7H2. The van der Waals surface area contributed by atoms with Crippen molar-refractivity contribution in [2.75, 3.05) is 6.67 Å². The van der Waals surface area contributed by atoms with Gasteiger partial charge in [0, 0.05) is 0 Å². The predicted molar refractivity (Wildman–Crippen MR) is 64.2 cm³/mol. The molecule has 4 heteroatoms. The first-order valence-electron chi connectivity index (χ1n) is 5.46. The van der Waals surface area contributed by atoms with Crippen molar-refractivity contribution in [2.45, 2.75) is 0 Å². The van der Waals surface area contributed by atoms with Gasteiger partial charge in [-0.3, -0.25) is 9.98 Å². The lowest BCUT2D eigenvalue weighted by molar-refractivity contribution is 1.06. The van der Waals surface area contributed by atoms with E-state index in [-0.39, 0.29) is 0 Å². The molecule has 0 radical (unpaired) electrons. The van der Waals surface area contributed by atoms with Crippen LogP contribution in [0, 0.1) is 0 Å². The third kappa shape index (κ3) is 1.24. The third-order valence-electron chi connectivity index (χ3n) is 2.92. The number of nitrogens with zero attached hydrogens (tertiary/aromatic N) is 4. The summed E-state index contributed by atoms with van der Waals surface area (Å²) in [5.74, 6) is 0. The zero-order valence-corrected chi connectivity index (χ0v) is 8.96. The van der Waals surface area contributed by atoms with Crippen molar-refractivity contribution in [3.8, 4) is 0 Å². The minimum Gasteiger partial charge on any atom is -0.260 e. The van der Waals surface area contributed by atoms with E-state index in [1.54, 1.807) is 0 Å². The molecule has 2 aromatic carbocycles. The number of hydrogen-bond acceptors (Lipinski definition) is 4. The van der Waals surface area contributed by atoms with Crippen molar-refractivity contribution >= 4 is 22.1 Å². The van der Waals surface area contributed by atoms with Crippen LogP contribution < -0.4 is 10.7 Å². The molecule has 4 rings (SSSR count). The lowest BCUT2D eigenvalue weighted by atomic mass is 10.2. The fraction of sp³-hybridized carbons (Fsp3) is 0.0769. The summed E-state index contributed by atoms with van der Waals surface area (Å²) < 4.78 is 0. The van der Waals surface area contributed by atoms with Crippen LogP contribution in [0.15, 0.2) is 46.4 Å². The van der Waals surface area contributed by atoms with Crippen LogP contribution >= 0.6 is 0 Å². The number of fused-ring (bicyclic) bond motifs is 3. The molecule has 0 bridgehead atoms. The Hall–Kier alpha value is -2.36. The molecule has 2 heterocycles. The first-order valence-corrected chi connectivity index (χ1v) is 5.46. The van der Waals surface area contributed by atoms with Gasteiger partial charge in [-0.2, -0.15) is 0 Å². The van der Waals surface area contributed by atoms with Gasteiger partial charge in [0.15, 0.2) is 0 Å². The number of benzene rings is 2. The Morgan fingerprint density at radius 1 is 0.706 bits per heavy atom. The Kier molecular flexibility index (Phi) is 1.58. The molecule has 80 valence electrons. The van der Waals surface area contributed by atoms with Crippen LogP contribution in [-0.2, 0) is 0 Å². The topological polar surface area (TPSA) is 50.5 Å². The first kappa shape index (κ1) is 8.75. The van der Waals surface area contributed by atoms with Gasteiger partial charge < -0.3 is 0 Å². The van der Waals surface area contributed by atoms with Crippen molar-refractivity contribution in [2.24, 2.45) is 9.98 Å². The average Bonchev–Trinajstić information content (AvgIpc) is 2.80. The van der Waals surface area contributed by atoms with Gasteiger partial charge in [-0.05, 0) is 24.3 Å². The van der Waals surface area contributed by atoms with Crippen LogP contribution in [0.5, 0.6) is 0 Å². The quantitative estimate of drug-likeness (QED) is 0.530. The summed E-state index contributed by atoms with van der Waals surface area (Å²) in [5.41, 5.74) is 3.58. The molecule has 0 spiro atoms. The molecule has 1 aliphatic rings. The summed E-state index contributed by atoms with van der Waals surface area (Å²) in [6, 6.07) is 11.8. The molecule has 0 saturated carbocycles. The summed E-state index contributed by atoms with van der Waals surface area (Å²) in [7, 11) is 0. The maximum absolute atomic E-state index is 4.59. The largest absolute Gasteiger partial charge is 0.260 e. The minimum atomic E-state index is 0.519. The highest BCUT2D eigenvalue weighted by molar-refractivity contribution is 5.85. The molecule has 0 aliphatic carbocycles. The number of hydrogen-bond donors (Lipinski definition) is 0. The van der Waals surface area contributed by atoms with Crippen molar-refractivity contribution in [3.05, 3.63) is 47.1 Å². The predicted octanol–water partition coefficient (Wildman–Crippen LogP) is 0.993. The molecule has 0 amide bonds. The lowest BCUT2D eigenvalue weighted by Crippen LogP contribution is -2.21. The summed E-state index contributed by atoms with van der Waals surface area (Å²) >= 11 is 0. The molecule has 4 nitrogen and oxygen atoms in total. The second kappa shape index (κ2) is 3.07. The number of rotatable bonds is 0. The molecule has 0 atom stereocenters. The van der Waals surface area contributed by atoms with Gasteiger partial charge in [0.05, 0.1) is 32.8 Å². The fourth-order valence-corrected chi connectivity index (χ4v) is 2.09. The van der Waals surface area contributed by atoms with Gasteiger partial charge in [-0.1, -0.05) is 12.1 Å². The van der Waals surface area contributed by atoms with E-state index in [2.05, 4.69) is 20.0 Å². The van der Waals surface area contributed by atoms with Crippen LogP contribution in [0.2, 0.25) is 0 Å². The maximum atomic E-state index is 4.59. The summed E-state index contributed by atoms with van der Waals surface area (Å²) in [4.78, 5) is 17.8. The van der Waals surface area contributed by atoms with Crippen LogP contribution in [0.3, 0.4) is 0 Å². The highest BCUT2D eigenvalue weighted by Crippen LogP contribution is 2.13. The second-order valence-electron chi connectivity index (χ2n) is 4.00. The first-order chi connectivity index (χ1) is 8.40. The Bertz CT molecular complexity index is 796. The Morgan fingerprint density at radius 3 is 1.76 bits per heavy atom. The van der Waals surface area contributed by atoms with Crippen LogP contribution in [0.4, 0.5) is 0 Å². The van der Waals surface area contributed by atoms with Gasteiger partial charge >= 0.3 is 0 Å². The van der Waals surface area contributed by atoms with Crippen LogP contribution in [-0.4, -0.2) is 16.6 Å². The zero-order valence-electron chi connectivity index (χ0n) is 8.96. The van der Waals surface area contributed by atoms with E-state index in [9.17, 15) is 0 Å².